The molecule has 23 heavy (non-hydrogen) atoms. The second-order valence-electron chi connectivity index (χ2n) is 7.07. The summed E-state index contributed by atoms with van der Waals surface area (Å²) in [5, 5.41) is 8.67. The van der Waals surface area contributed by atoms with E-state index < -0.39 is 0 Å². The molecule has 2 nitrogen and oxygen atoms in total. The highest BCUT2D eigenvalue weighted by Crippen LogP contribution is 2.14. The van der Waals surface area contributed by atoms with Gasteiger partial charge in [-0.15, -0.1) is 0 Å². The van der Waals surface area contributed by atoms with Crippen molar-refractivity contribution in [2.75, 3.05) is 6.61 Å². The number of hydrogen-bond donors (Lipinski definition) is 1. The number of Topliss-reactive ketones (excluding diaryl/α,β-unsaturated/α-hetero) is 1. The molecule has 0 radical (unpaired) electrons. The molecule has 0 unspecified atom stereocenters. The van der Waals surface area contributed by atoms with Crippen molar-refractivity contribution >= 4 is 5.78 Å². The van der Waals surface area contributed by atoms with E-state index in [9.17, 15) is 4.79 Å². The Morgan fingerprint density at radius 2 is 0.913 bits per heavy atom. The van der Waals surface area contributed by atoms with Gasteiger partial charge in [0.1, 0.15) is 5.78 Å². The zero-order chi connectivity index (χ0) is 17.0. The molecule has 0 bridgehead atoms. The number of carbonyl (C=O) groups is 1. The van der Waals surface area contributed by atoms with Crippen molar-refractivity contribution in [2.45, 2.75) is 122 Å². The first-order valence-corrected chi connectivity index (χ1v) is 10.4. The van der Waals surface area contributed by atoms with Gasteiger partial charge in [-0.1, -0.05) is 96.8 Å². The molecule has 0 aromatic heterocycles. The zero-order valence-electron chi connectivity index (χ0n) is 15.8. The van der Waals surface area contributed by atoms with Gasteiger partial charge in [0, 0.05) is 19.4 Å². The number of unbranched alkanes of at least 4 members (excludes halogenated alkanes) is 14. The first-order chi connectivity index (χ1) is 11.3. The quantitative estimate of drug-likeness (QED) is 0.272. The number of hydrogen-bond acceptors (Lipinski definition) is 2. The standard InChI is InChI=1S/C21H42O2/c1-2-3-4-5-6-7-8-9-10-11-12-13-14-15-16-18-21(23)19-17-20-22/h22H,2-20H2,1H3. The Kier molecular flexibility index (Phi) is 19.4. The molecular formula is C21H42O2. The molecule has 138 valence electrons. The second kappa shape index (κ2) is 19.7. The summed E-state index contributed by atoms with van der Waals surface area (Å²) in [6, 6.07) is 0. The van der Waals surface area contributed by atoms with Gasteiger partial charge in [-0.2, -0.15) is 0 Å². The van der Waals surface area contributed by atoms with Gasteiger partial charge >= 0.3 is 0 Å². The summed E-state index contributed by atoms with van der Waals surface area (Å²) in [5.41, 5.74) is 0. The topological polar surface area (TPSA) is 37.3 Å². The van der Waals surface area contributed by atoms with Crippen LogP contribution in [0.1, 0.15) is 122 Å². The fraction of sp³-hybridized carbons (Fsp3) is 0.952. The first kappa shape index (κ1) is 22.6. The number of rotatable bonds is 19. The Balaban J connectivity index is 3.04. The third-order valence-electron chi connectivity index (χ3n) is 4.67. The van der Waals surface area contributed by atoms with Crippen LogP contribution in [-0.4, -0.2) is 17.5 Å². The molecule has 0 aliphatic heterocycles. The molecule has 0 aromatic carbocycles. The Morgan fingerprint density at radius 1 is 0.565 bits per heavy atom. The molecule has 1 N–H and O–H groups in total. The normalized spacial score (nSPS) is 11.0. The molecule has 0 saturated heterocycles. The highest BCUT2D eigenvalue weighted by molar-refractivity contribution is 5.78. The Morgan fingerprint density at radius 3 is 1.30 bits per heavy atom. The summed E-state index contributed by atoms with van der Waals surface area (Å²) < 4.78 is 0. The number of ketones is 1. The Bertz CT molecular complexity index is 238. The van der Waals surface area contributed by atoms with Gasteiger partial charge < -0.3 is 5.11 Å². The predicted molar refractivity (Wildman–Crippen MR) is 101 cm³/mol. The van der Waals surface area contributed by atoms with Gasteiger partial charge in [0.2, 0.25) is 0 Å². The van der Waals surface area contributed by atoms with Gasteiger partial charge in [0.05, 0.1) is 0 Å². The van der Waals surface area contributed by atoms with E-state index >= 15 is 0 Å². The molecule has 0 fully saturated rings. The average Bonchev–Trinajstić information content (AvgIpc) is 2.56. The van der Waals surface area contributed by atoms with E-state index in [1.807, 2.05) is 0 Å². The second-order valence-corrected chi connectivity index (χ2v) is 7.07. The summed E-state index contributed by atoms with van der Waals surface area (Å²) in [7, 11) is 0. The van der Waals surface area contributed by atoms with Crippen LogP contribution in [0.2, 0.25) is 0 Å². The molecular weight excluding hydrogens is 284 g/mol. The van der Waals surface area contributed by atoms with Crippen LogP contribution in [0.4, 0.5) is 0 Å². The van der Waals surface area contributed by atoms with Gasteiger partial charge in [-0.3, -0.25) is 4.79 Å². The van der Waals surface area contributed by atoms with E-state index in [2.05, 4.69) is 6.92 Å². The van der Waals surface area contributed by atoms with Gasteiger partial charge in [0.15, 0.2) is 0 Å². The molecule has 0 rings (SSSR count). The van der Waals surface area contributed by atoms with Crippen molar-refractivity contribution in [1.29, 1.82) is 0 Å². The van der Waals surface area contributed by atoms with Crippen LogP contribution in [-0.2, 0) is 4.79 Å². The maximum atomic E-state index is 11.4. The molecule has 0 amide bonds. The number of aliphatic hydroxyl groups is 1. The SMILES string of the molecule is CCCCCCCCCCCCCCCCCC(=O)CCCO. The van der Waals surface area contributed by atoms with Crippen LogP contribution in [0, 0.1) is 0 Å². The molecule has 0 heterocycles. The molecule has 0 aliphatic rings. The fourth-order valence-electron chi connectivity index (χ4n) is 3.09. The minimum Gasteiger partial charge on any atom is -0.396 e. The van der Waals surface area contributed by atoms with Crippen LogP contribution < -0.4 is 0 Å². The lowest BCUT2D eigenvalue weighted by Crippen LogP contribution is -1.99. The monoisotopic (exact) mass is 326 g/mol. The molecule has 0 atom stereocenters. The Labute approximate surface area is 145 Å². The van der Waals surface area contributed by atoms with Crippen molar-refractivity contribution in [3.63, 3.8) is 0 Å². The van der Waals surface area contributed by atoms with Gasteiger partial charge in [-0.05, 0) is 12.8 Å². The fourth-order valence-corrected chi connectivity index (χ4v) is 3.09. The van der Waals surface area contributed by atoms with Crippen LogP contribution >= 0.6 is 0 Å². The number of aliphatic hydroxyl groups excluding tert-OH is 1. The summed E-state index contributed by atoms with van der Waals surface area (Å²) in [4.78, 5) is 11.4. The van der Waals surface area contributed by atoms with Crippen molar-refractivity contribution in [3.8, 4) is 0 Å². The van der Waals surface area contributed by atoms with Crippen molar-refractivity contribution < 1.29 is 9.90 Å². The van der Waals surface area contributed by atoms with Crippen LogP contribution in [0.3, 0.4) is 0 Å². The smallest absolute Gasteiger partial charge is 0.132 e. The third kappa shape index (κ3) is 19.6. The van der Waals surface area contributed by atoms with E-state index in [1.54, 1.807) is 0 Å². The van der Waals surface area contributed by atoms with E-state index in [1.165, 1.54) is 89.9 Å². The van der Waals surface area contributed by atoms with Crippen molar-refractivity contribution in [2.24, 2.45) is 0 Å². The minimum absolute atomic E-state index is 0.143. The molecule has 2 heteroatoms. The lowest BCUT2D eigenvalue weighted by Gasteiger charge is -2.03. The van der Waals surface area contributed by atoms with Crippen LogP contribution in [0.5, 0.6) is 0 Å². The van der Waals surface area contributed by atoms with Crippen molar-refractivity contribution in [3.05, 3.63) is 0 Å². The number of carbonyl (C=O) groups excluding carboxylic acids is 1. The summed E-state index contributed by atoms with van der Waals surface area (Å²) in [6.07, 6.45) is 22.3. The zero-order valence-corrected chi connectivity index (χ0v) is 15.8. The molecule has 0 aliphatic carbocycles. The Hall–Kier alpha value is -0.370. The van der Waals surface area contributed by atoms with E-state index in [0.717, 1.165) is 12.8 Å². The van der Waals surface area contributed by atoms with Crippen molar-refractivity contribution in [1.82, 2.24) is 0 Å². The van der Waals surface area contributed by atoms with E-state index in [4.69, 9.17) is 5.11 Å². The summed E-state index contributed by atoms with van der Waals surface area (Å²) in [6.45, 7) is 2.42. The third-order valence-corrected chi connectivity index (χ3v) is 4.67. The van der Waals surface area contributed by atoms with E-state index in [0.29, 0.717) is 18.6 Å². The summed E-state index contributed by atoms with van der Waals surface area (Å²) in [5.74, 6) is 0.328. The van der Waals surface area contributed by atoms with Gasteiger partial charge in [0.25, 0.3) is 0 Å². The minimum atomic E-state index is 0.143. The average molecular weight is 327 g/mol. The maximum Gasteiger partial charge on any atom is 0.132 e. The molecule has 0 aromatic rings. The van der Waals surface area contributed by atoms with Crippen LogP contribution in [0.25, 0.3) is 0 Å². The molecule has 0 saturated carbocycles. The predicted octanol–water partition coefficient (Wildman–Crippen LogP) is 6.59. The highest BCUT2D eigenvalue weighted by Gasteiger charge is 2.01. The highest BCUT2D eigenvalue weighted by atomic mass is 16.3. The lowest BCUT2D eigenvalue weighted by molar-refractivity contribution is -0.119. The summed E-state index contributed by atoms with van der Waals surface area (Å²) >= 11 is 0. The lowest BCUT2D eigenvalue weighted by atomic mass is 10.0. The maximum absolute atomic E-state index is 11.4. The van der Waals surface area contributed by atoms with Crippen LogP contribution in [0.15, 0.2) is 0 Å². The van der Waals surface area contributed by atoms with E-state index in [-0.39, 0.29) is 6.61 Å². The van der Waals surface area contributed by atoms with Gasteiger partial charge in [-0.25, -0.2) is 0 Å². The molecule has 0 spiro atoms. The first-order valence-electron chi connectivity index (χ1n) is 10.4. The largest absolute Gasteiger partial charge is 0.396 e.